The Labute approximate surface area is 262 Å². The van der Waals surface area contributed by atoms with Crippen molar-refractivity contribution in [2.24, 2.45) is 11.5 Å². The highest BCUT2D eigenvalue weighted by molar-refractivity contribution is 5.83. The largest absolute Gasteiger partial charge is 0.489 e. The van der Waals surface area contributed by atoms with Gasteiger partial charge in [0.2, 0.25) is 11.8 Å². The van der Waals surface area contributed by atoms with Crippen LogP contribution in [0.1, 0.15) is 43.0 Å². The van der Waals surface area contributed by atoms with E-state index in [0.717, 1.165) is 11.1 Å². The number of hydrogen-bond donors (Lipinski definition) is 4. The van der Waals surface area contributed by atoms with Gasteiger partial charge in [0, 0.05) is 24.2 Å². The molecule has 1 atom stereocenters. The van der Waals surface area contributed by atoms with Crippen molar-refractivity contribution in [2.45, 2.75) is 58.7 Å². The highest BCUT2D eigenvalue weighted by atomic mass is 19.1. The van der Waals surface area contributed by atoms with Gasteiger partial charge in [-0.25, -0.2) is 8.78 Å². The molecule has 238 valence electrons. The molecular formula is C35H40F2N4O4. The van der Waals surface area contributed by atoms with Gasteiger partial charge in [-0.1, -0.05) is 60.7 Å². The third-order valence-corrected chi connectivity index (χ3v) is 6.94. The minimum atomic E-state index is -0.764. The van der Waals surface area contributed by atoms with E-state index >= 15 is 0 Å². The van der Waals surface area contributed by atoms with Gasteiger partial charge in [0.25, 0.3) is 0 Å². The third-order valence-electron chi connectivity index (χ3n) is 6.94. The number of benzene rings is 4. The van der Waals surface area contributed by atoms with Gasteiger partial charge in [-0.3, -0.25) is 14.9 Å². The SMILES string of the molecule is CC(C)(NCc1ccc(OCc2ccccc2F)cc1)C(N)=O.C[C@H](NCc1ccc(OCc2ccccc2F)cc1)C(N)=O. The molecule has 0 saturated carbocycles. The number of rotatable bonds is 14. The number of amides is 2. The number of ether oxygens (including phenoxy) is 2. The average Bonchev–Trinajstić information content (AvgIpc) is 3.03. The summed E-state index contributed by atoms with van der Waals surface area (Å²) in [7, 11) is 0. The zero-order valence-electron chi connectivity index (χ0n) is 25.7. The standard InChI is InChI=1S/C18H21FN2O2.C17H19FN2O2/c1-18(2,17(20)22)21-11-13-7-9-15(10-8-13)23-12-14-5-3-4-6-16(14)19;1-12(17(19)21)20-10-13-6-8-15(9-7-13)22-11-14-4-2-3-5-16(14)18/h3-10,21H,11-12H2,1-2H3,(H2,20,22);2-9,12,20H,10-11H2,1H3,(H2,19,21)/t;12-/m.0/s1. The van der Waals surface area contributed by atoms with Crippen LogP contribution in [-0.2, 0) is 35.9 Å². The fourth-order valence-corrected chi connectivity index (χ4v) is 3.74. The lowest BCUT2D eigenvalue weighted by molar-refractivity contribution is -0.123. The van der Waals surface area contributed by atoms with Crippen molar-refractivity contribution in [1.29, 1.82) is 0 Å². The van der Waals surface area contributed by atoms with E-state index in [1.165, 1.54) is 12.1 Å². The lowest BCUT2D eigenvalue weighted by Gasteiger charge is -2.22. The van der Waals surface area contributed by atoms with Crippen molar-refractivity contribution < 1.29 is 27.8 Å². The van der Waals surface area contributed by atoms with Crippen LogP contribution in [-0.4, -0.2) is 23.4 Å². The van der Waals surface area contributed by atoms with Crippen LogP contribution in [0.25, 0.3) is 0 Å². The van der Waals surface area contributed by atoms with Crippen LogP contribution in [0.4, 0.5) is 8.78 Å². The molecule has 0 bridgehead atoms. The predicted octanol–water partition coefficient (Wildman–Crippen LogP) is 5.13. The van der Waals surface area contributed by atoms with E-state index in [-0.39, 0.29) is 36.8 Å². The first-order valence-electron chi connectivity index (χ1n) is 14.4. The van der Waals surface area contributed by atoms with Crippen molar-refractivity contribution in [3.05, 3.63) is 131 Å². The van der Waals surface area contributed by atoms with Gasteiger partial charge in [0.05, 0.1) is 11.6 Å². The molecule has 0 unspecified atom stereocenters. The second-order valence-electron chi connectivity index (χ2n) is 10.9. The molecule has 4 rings (SSSR count). The second kappa shape index (κ2) is 16.9. The first-order valence-corrected chi connectivity index (χ1v) is 14.4. The van der Waals surface area contributed by atoms with Gasteiger partial charge >= 0.3 is 0 Å². The molecule has 2 amide bonds. The molecular weight excluding hydrogens is 578 g/mol. The van der Waals surface area contributed by atoms with E-state index < -0.39 is 11.4 Å². The molecule has 0 aromatic heterocycles. The smallest absolute Gasteiger partial charge is 0.237 e. The Morgan fingerprint density at radius 3 is 1.53 bits per heavy atom. The van der Waals surface area contributed by atoms with Gasteiger partial charge in [-0.15, -0.1) is 0 Å². The van der Waals surface area contributed by atoms with Gasteiger partial charge < -0.3 is 26.3 Å². The Morgan fingerprint density at radius 1 is 0.711 bits per heavy atom. The van der Waals surface area contributed by atoms with Crippen LogP contribution in [0, 0.1) is 11.6 Å². The molecule has 0 spiro atoms. The molecule has 0 aliphatic rings. The maximum absolute atomic E-state index is 13.5. The molecule has 4 aromatic carbocycles. The van der Waals surface area contributed by atoms with E-state index in [9.17, 15) is 18.4 Å². The predicted molar refractivity (Wildman–Crippen MR) is 170 cm³/mol. The fourth-order valence-electron chi connectivity index (χ4n) is 3.74. The summed E-state index contributed by atoms with van der Waals surface area (Å²) >= 11 is 0. The van der Waals surface area contributed by atoms with Gasteiger partial charge in [0.1, 0.15) is 36.3 Å². The monoisotopic (exact) mass is 618 g/mol. The topological polar surface area (TPSA) is 129 Å². The van der Waals surface area contributed by atoms with Crippen LogP contribution >= 0.6 is 0 Å². The molecule has 6 N–H and O–H groups in total. The molecule has 0 aliphatic carbocycles. The van der Waals surface area contributed by atoms with Crippen molar-refractivity contribution in [3.63, 3.8) is 0 Å². The number of carbonyl (C=O) groups is 2. The Bertz CT molecular complexity index is 1530. The molecule has 0 fully saturated rings. The Balaban J connectivity index is 0.000000246. The molecule has 4 aromatic rings. The van der Waals surface area contributed by atoms with Gasteiger partial charge in [-0.05, 0) is 68.3 Å². The maximum Gasteiger partial charge on any atom is 0.237 e. The van der Waals surface area contributed by atoms with E-state index in [1.807, 2.05) is 48.5 Å². The summed E-state index contributed by atoms with van der Waals surface area (Å²) in [6.07, 6.45) is 0. The summed E-state index contributed by atoms with van der Waals surface area (Å²) in [4.78, 5) is 22.2. The molecule has 10 heteroatoms. The molecule has 0 heterocycles. The summed E-state index contributed by atoms with van der Waals surface area (Å²) in [6.45, 7) is 6.61. The first kappa shape index (κ1) is 34.7. The van der Waals surface area contributed by atoms with Crippen LogP contribution in [0.5, 0.6) is 11.5 Å². The fraction of sp³-hybridized carbons (Fsp3) is 0.257. The molecule has 0 radical (unpaired) electrons. The van der Waals surface area contributed by atoms with E-state index in [4.69, 9.17) is 20.9 Å². The van der Waals surface area contributed by atoms with E-state index in [2.05, 4.69) is 10.6 Å². The van der Waals surface area contributed by atoms with Crippen molar-refractivity contribution in [1.82, 2.24) is 10.6 Å². The van der Waals surface area contributed by atoms with Crippen molar-refractivity contribution >= 4 is 11.8 Å². The zero-order valence-corrected chi connectivity index (χ0v) is 25.7. The summed E-state index contributed by atoms with van der Waals surface area (Å²) in [5.74, 6) is -0.0148. The minimum Gasteiger partial charge on any atom is -0.489 e. The van der Waals surface area contributed by atoms with Crippen LogP contribution in [0.15, 0.2) is 97.1 Å². The Morgan fingerprint density at radius 2 is 1.13 bits per heavy atom. The summed E-state index contributed by atoms with van der Waals surface area (Å²) in [5, 5.41) is 6.11. The first-order chi connectivity index (χ1) is 21.4. The van der Waals surface area contributed by atoms with E-state index in [1.54, 1.807) is 57.2 Å². The van der Waals surface area contributed by atoms with Gasteiger partial charge in [-0.2, -0.15) is 0 Å². The minimum absolute atomic E-state index is 0.180. The number of primary amides is 2. The number of nitrogens with two attached hydrogens (primary N) is 2. The molecule has 8 nitrogen and oxygen atoms in total. The second-order valence-corrected chi connectivity index (χ2v) is 10.9. The maximum atomic E-state index is 13.5. The highest BCUT2D eigenvalue weighted by Crippen LogP contribution is 2.17. The quantitative estimate of drug-likeness (QED) is 0.155. The lowest BCUT2D eigenvalue weighted by Crippen LogP contribution is -2.50. The van der Waals surface area contributed by atoms with Crippen LogP contribution in [0.3, 0.4) is 0 Å². The molecule has 45 heavy (non-hydrogen) atoms. The number of halogens is 2. The number of nitrogens with one attached hydrogen (secondary N) is 2. The summed E-state index contributed by atoms with van der Waals surface area (Å²) in [5.41, 5.74) is 12.8. The van der Waals surface area contributed by atoms with E-state index in [0.29, 0.717) is 35.7 Å². The van der Waals surface area contributed by atoms with Crippen molar-refractivity contribution in [3.8, 4) is 11.5 Å². The number of hydrogen-bond acceptors (Lipinski definition) is 6. The summed E-state index contributed by atoms with van der Waals surface area (Å²) < 4.78 is 38.1. The van der Waals surface area contributed by atoms with Crippen LogP contribution in [0.2, 0.25) is 0 Å². The molecule has 0 saturated heterocycles. The van der Waals surface area contributed by atoms with Crippen molar-refractivity contribution in [2.75, 3.05) is 0 Å². The Hall–Kier alpha value is -4.80. The van der Waals surface area contributed by atoms with Crippen LogP contribution < -0.4 is 31.6 Å². The lowest BCUT2D eigenvalue weighted by atomic mass is 10.0. The third kappa shape index (κ3) is 11.7. The zero-order chi connectivity index (χ0) is 32.8. The van der Waals surface area contributed by atoms with Gasteiger partial charge in [0.15, 0.2) is 0 Å². The average molecular weight is 619 g/mol. The normalized spacial score (nSPS) is 11.6. The highest BCUT2D eigenvalue weighted by Gasteiger charge is 2.23. The summed E-state index contributed by atoms with van der Waals surface area (Å²) in [6, 6.07) is 27.5. The molecule has 0 aliphatic heterocycles. The number of carbonyl (C=O) groups excluding carboxylic acids is 2. The Kier molecular flexibility index (Phi) is 13.0.